The minimum absolute atomic E-state index is 0.345. The molecular formula is C59H120O10. The molecule has 0 spiro atoms. The molecule has 0 aliphatic carbocycles. The van der Waals surface area contributed by atoms with Gasteiger partial charge in [0.2, 0.25) is 0 Å². The first kappa shape index (κ1) is 73.8. The quantitative estimate of drug-likeness (QED) is 0.0289. The van der Waals surface area contributed by atoms with Crippen molar-refractivity contribution < 1.29 is 50.1 Å². The van der Waals surface area contributed by atoms with Gasteiger partial charge in [0.25, 0.3) is 0 Å². The summed E-state index contributed by atoms with van der Waals surface area (Å²) in [6, 6.07) is 0. The summed E-state index contributed by atoms with van der Waals surface area (Å²) in [6.45, 7) is 5.19. The van der Waals surface area contributed by atoms with Crippen molar-refractivity contribution in [3.63, 3.8) is 0 Å². The first-order chi connectivity index (χ1) is 33.6. The van der Waals surface area contributed by atoms with E-state index in [1.165, 1.54) is 250 Å². The molecule has 7 N–H and O–H groups in total. The van der Waals surface area contributed by atoms with Crippen LogP contribution in [0.5, 0.6) is 0 Å². The second kappa shape index (κ2) is 66.2. The van der Waals surface area contributed by atoms with Gasteiger partial charge in [0.05, 0.1) is 31.8 Å². The summed E-state index contributed by atoms with van der Waals surface area (Å²) in [7, 11) is 0. The van der Waals surface area contributed by atoms with Gasteiger partial charge in [0, 0.05) is 19.3 Å². The molecule has 0 aromatic heterocycles. The minimum Gasteiger partial charge on any atom is -0.481 e. The van der Waals surface area contributed by atoms with Gasteiger partial charge in [-0.1, -0.05) is 290 Å². The molecule has 69 heavy (non-hydrogen) atoms. The number of carboxylic acid groups (broad SMARTS) is 3. The monoisotopic (exact) mass is 989 g/mol. The van der Waals surface area contributed by atoms with E-state index in [-0.39, 0.29) is 0 Å². The van der Waals surface area contributed by atoms with Crippen LogP contribution in [0.3, 0.4) is 0 Å². The Kier molecular flexibility index (Phi) is 70.8. The van der Waals surface area contributed by atoms with Crippen molar-refractivity contribution in [1.29, 1.82) is 0 Å². The number of aliphatic carboxylic acids is 3. The van der Waals surface area contributed by atoms with Crippen LogP contribution >= 0.6 is 0 Å². The van der Waals surface area contributed by atoms with E-state index in [0.29, 0.717) is 19.3 Å². The van der Waals surface area contributed by atoms with Crippen LogP contribution in [0.25, 0.3) is 0 Å². The molecule has 0 aliphatic heterocycles. The van der Waals surface area contributed by atoms with Crippen LogP contribution in [-0.2, 0) is 14.4 Å². The zero-order valence-corrected chi connectivity index (χ0v) is 46.1. The molecule has 416 valence electrons. The number of hydrogen-bond acceptors (Lipinski definition) is 7. The average molecular weight is 990 g/mol. The topological polar surface area (TPSA) is 193 Å². The maximum atomic E-state index is 10.3. The average Bonchev–Trinajstić information content (AvgIpc) is 3.34. The van der Waals surface area contributed by atoms with E-state index < -0.39 is 49.8 Å². The van der Waals surface area contributed by atoms with Crippen molar-refractivity contribution in [2.45, 2.75) is 329 Å². The first-order valence-corrected chi connectivity index (χ1v) is 29.6. The minimum atomic E-state index is -1.11. The SMILES string of the molecule is CCCCCCCCCCCCCCCCCC(=O)O.CCCCCCCCCCCCCCCCCC(=O)O.CCCCCCCCCCCCCCCCCC(=O)O.OCC(CO)(CO)CO. The Bertz CT molecular complexity index is 851. The smallest absolute Gasteiger partial charge is 0.303 e. The van der Waals surface area contributed by atoms with Gasteiger partial charge in [-0.25, -0.2) is 0 Å². The molecule has 0 aliphatic rings. The molecular weight excluding hydrogens is 869 g/mol. The molecule has 0 fully saturated rings. The van der Waals surface area contributed by atoms with Gasteiger partial charge in [-0.3, -0.25) is 14.4 Å². The summed E-state index contributed by atoms with van der Waals surface area (Å²) >= 11 is 0. The molecule has 0 radical (unpaired) electrons. The summed E-state index contributed by atoms with van der Waals surface area (Å²) < 4.78 is 0. The summed E-state index contributed by atoms with van der Waals surface area (Å²) in [5, 5.41) is 59.5. The summed E-state index contributed by atoms with van der Waals surface area (Å²) in [5.74, 6) is -1.96. The molecule has 0 bridgehead atoms. The Hall–Kier alpha value is -1.75. The Morgan fingerprint density at radius 1 is 0.232 bits per heavy atom. The van der Waals surface area contributed by atoms with Crippen molar-refractivity contribution in [2.75, 3.05) is 26.4 Å². The number of hydrogen-bond donors (Lipinski definition) is 7. The maximum Gasteiger partial charge on any atom is 0.303 e. The molecule has 0 saturated carbocycles. The van der Waals surface area contributed by atoms with Crippen molar-refractivity contribution >= 4 is 17.9 Å². The first-order valence-electron chi connectivity index (χ1n) is 29.6. The largest absolute Gasteiger partial charge is 0.481 e. The standard InChI is InChI=1S/3C18H36O2.C5H12O4/c3*1-2-3-4-5-6-7-8-9-10-11-12-13-14-15-16-17-18(19)20;6-1-5(2-7,3-8)4-9/h3*2-17H2,1H3,(H,19,20);6-9H,1-4H2. The highest BCUT2D eigenvalue weighted by atomic mass is 16.4. The fraction of sp³-hybridized carbons (Fsp3) is 0.949. The third kappa shape index (κ3) is 72.9. The number of aliphatic hydroxyl groups excluding tert-OH is 4. The van der Waals surface area contributed by atoms with Crippen LogP contribution in [0.15, 0.2) is 0 Å². The van der Waals surface area contributed by atoms with Crippen molar-refractivity contribution in [1.82, 2.24) is 0 Å². The van der Waals surface area contributed by atoms with Gasteiger partial charge in [-0.15, -0.1) is 0 Å². The Morgan fingerprint density at radius 3 is 0.435 bits per heavy atom. The number of carbonyl (C=O) groups is 3. The van der Waals surface area contributed by atoms with Gasteiger partial charge in [-0.2, -0.15) is 0 Å². The second-order valence-corrected chi connectivity index (χ2v) is 20.4. The molecule has 0 heterocycles. The van der Waals surface area contributed by atoms with Crippen LogP contribution in [0, 0.1) is 5.41 Å². The summed E-state index contributed by atoms with van der Waals surface area (Å²) in [5.41, 5.74) is -1.11. The van der Waals surface area contributed by atoms with Crippen molar-refractivity contribution in [2.24, 2.45) is 5.41 Å². The summed E-state index contributed by atoms with van der Waals surface area (Å²) in [4.78, 5) is 31.0. The third-order valence-electron chi connectivity index (χ3n) is 13.3. The van der Waals surface area contributed by atoms with Crippen LogP contribution in [0.2, 0.25) is 0 Å². The van der Waals surface area contributed by atoms with E-state index in [0.717, 1.165) is 38.5 Å². The maximum absolute atomic E-state index is 10.3. The van der Waals surface area contributed by atoms with Gasteiger partial charge in [0.15, 0.2) is 0 Å². The Balaban J connectivity index is -0.000000421. The zero-order chi connectivity index (χ0) is 52.0. The molecule has 10 heteroatoms. The van der Waals surface area contributed by atoms with Crippen LogP contribution in [-0.4, -0.2) is 80.1 Å². The van der Waals surface area contributed by atoms with Gasteiger partial charge in [-0.05, 0) is 19.3 Å². The van der Waals surface area contributed by atoms with Crippen LogP contribution in [0.1, 0.15) is 329 Å². The van der Waals surface area contributed by atoms with E-state index >= 15 is 0 Å². The zero-order valence-electron chi connectivity index (χ0n) is 46.1. The Morgan fingerprint density at radius 2 is 0.348 bits per heavy atom. The Labute approximate surface area is 427 Å². The van der Waals surface area contributed by atoms with E-state index in [1.807, 2.05) is 0 Å². The lowest BCUT2D eigenvalue weighted by atomic mass is 9.93. The van der Waals surface area contributed by atoms with Gasteiger partial charge >= 0.3 is 17.9 Å². The number of aliphatic hydroxyl groups is 4. The lowest BCUT2D eigenvalue weighted by molar-refractivity contribution is -0.138. The fourth-order valence-corrected chi connectivity index (χ4v) is 8.24. The van der Waals surface area contributed by atoms with Gasteiger partial charge < -0.3 is 35.7 Å². The normalized spacial score (nSPS) is 11.0. The number of rotatable bonds is 52. The van der Waals surface area contributed by atoms with E-state index in [4.69, 9.17) is 35.7 Å². The highest BCUT2D eigenvalue weighted by molar-refractivity contribution is 5.67. The molecule has 10 nitrogen and oxygen atoms in total. The van der Waals surface area contributed by atoms with Gasteiger partial charge in [0.1, 0.15) is 0 Å². The van der Waals surface area contributed by atoms with E-state index in [9.17, 15) is 14.4 Å². The fourth-order valence-electron chi connectivity index (χ4n) is 8.24. The van der Waals surface area contributed by atoms with Crippen molar-refractivity contribution in [3.8, 4) is 0 Å². The predicted molar refractivity (Wildman–Crippen MR) is 292 cm³/mol. The van der Waals surface area contributed by atoms with E-state index in [1.54, 1.807) is 0 Å². The molecule has 0 rings (SSSR count). The molecule has 0 unspecified atom stereocenters. The van der Waals surface area contributed by atoms with Crippen molar-refractivity contribution in [3.05, 3.63) is 0 Å². The summed E-state index contributed by atoms with van der Waals surface area (Å²) in [6.07, 6.45) is 60.6. The molecule has 0 aromatic carbocycles. The number of unbranched alkanes of at least 4 members (excludes halogenated alkanes) is 42. The predicted octanol–water partition coefficient (Wildman–Crippen LogP) is 16.9. The lowest BCUT2D eigenvalue weighted by Gasteiger charge is -2.23. The highest BCUT2D eigenvalue weighted by Crippen LogP contribution is 2.17. The highest BCUT2D eigenvalue weighted by Gasteiger charge is 2.26. The third-order valence-corrected chi connectivity index (χ3v) is 13.3. The second-order valence-electron chi connectivity index (χ2n) is 20.4. The van der Waals surface area contributed by atoms with Crippen LogP contribution in [0.4, 0.5) is 0 Å². The lowest BCUT2D eigenvalue weighted by Crippen LogP contribution is -2.37. The van der Waals surface area contributed by atoms with Crippen LogP contribution < -0.4 is 0 Å². The molecule has 0 amide bonds. The molecule has 0 aromatic rings. The number of carboxylic acids is 3. The van der Waals surface area contributed by atoms with E-state index in [2.05, 4.69) is 20.8 Å². The molecule has 0 atom stereocenters. The molecule has 0 saturated heterocycles.